The van der Waals surface area contributed by atoms with E-state index in [0.717, 1.165) is 22.4 Å². The fraction of sp³-hybridized carbons (Fsp3) is 0.107. The number of para-hydroxylation sites is 2. The van der Waals surface area contributed by atoms with Crippen LogP contribution in [0.5, 0.6) is 0 Å². The molecule has 0 radical (unpaired) electrons. The van der Waals surface area contributed by atoms with Gasteiger partial charge in [-0.15, -0.1) is 0 Å². The summed E-state index contributed by atoms with van der Waals surface area (Å²) < 4.78 is 2.05. The predicted octanol–water partition coefficient (Wildman–Crippen LogP) is 5.50. The lowest BCUT2D eigenvalue weighted by molar-refractivity contribution is 0.789. The number of benzene rings is 3. The maximum absolute atomic E-state index is 13.5. The molecule has 0 fully saturated rings. The van der Waals surface area contributed by atoms with Crippen LogP contribution < -0.4 is 15.8 Å². The summed E-state index contributed by atoms with van der Waals surface area (Å²) in [7, 11) is 0. The molecule has 6 rings (SSSR count). The summed E-state index contributed by atoms with van der Waals surface area (Å²) >= 11 is 0. The minimum Gasteiger partial charge on any atom is -0.339 e. The Morgan fingerprint density at radius 2 is 1.33 bits per heavy atom. The van der Waals surface area contributed by atoms with Gasteiger partial charge in [0.05, 0.1) is 27.3 Å². The lowest BCUT2D eigenvalue weighted by Crippen LogP contribution is -2.25. The van der Waals surface area contributed by atoms with Crippen LogP contribution in [0, 0.1) is 0 Å². The topological polar surface area (TPSA) is 54.7 Å². The third kappa shape index (κ3) is 2.75. The Morgan fingerprint density at radius 3 is 2.03 bits per heavy atom. The Kier molecular flexibility index (Phi) is 4.20. The van der Waals surface area contributed by atoms with Crippen molar-refractivity contribution in [1.82, 2.24) is 9.38 Å². The molecule has 0 aliphatic rings. The molecule has 0 amide bonds. The quantitative estimate of drug-likeness (QED) is 0.274. The number of hydrogen-bond donors (Lipinski definition) is 0. The zero-order chi connectivity index (χ0) is 22.7. The van der Waals surface area contributed by atoms with Gasteiger partial charge in [-0.1, -0.05) is 30.3 Å². The van der Waals surface area contributed by atoms with Crippen molar-refractivity contribution in [3.05, 3.63) is 106 Å². The lowest BCUT2D eigenvalue weighted by Gasteiger charge is -2.29. The van der Waals surface area contributed by atoms with E-state index in [0.29, 0.717) is 27.1 Å². The molecule has 5 heteroatoms. The number of rotatable bonds is 3. The molecule has 0 aliphatic carbocycles. The van der Waals surface area contributed by atoms with E-state index in [1.54, 1.807) is 12.4 Å². The van der Waals surface area contributed by atoms with E-state index in [9.17, 15) is 9.59 Å². The second-order valence-electron chi connectivity index (χ2n) is 8.59. The average Bonchev–Trinajstić information content (AvgIpc) is 2.84. The Balaban J connectivity index is 1.82. The lowest BCUT2D eigenvalue weighted by atomic mass is 10.0. The molecule has 0 atom stereocenters. The maximum atomic E-state index is 13.5. The minimum atomic E-state index is -0.111. The third-order valence-electron chi connectivity index (χ3n) is 6.32. The molecule has 5 nitrogen and oxygen atoms in total. The third-order valence-corrected chi connectivity index (χ3v) is 6.32. The summed E-state index contributed by atoms with van der Waals surface area (Å²) in [5.74, 6) is 0. The van der Waals surface area contributed by atoms with Gasteiger partial charge in [0.15, 0.2) is 10.9 Å². The smallest absolute Gasteiger partial charge is 0.198 e. The van der Waals surface area contributed by atoms with Gasteiger partial charge in [0.1, 0.15) is 0 Å². The Labute approximate surface area is 189 Å². The summed E-state index contributed by atoms with van der Waals surface area (Å²) in [6, 6.07) is 23.9. The van der Waals surface area contributed by atoms with E-state index in [1.807, 2.05) is 59.0 Å². The first-order valence-electron chi connectivity index (χ1n) is 11.0. The molecule has 3 heterocycles. The second kappa shape index (κ2) is 7.14. The first-order valence-corrected chi connectivity index (χ1v) is 11.0. The van der Waals surface area contributed by atoms with Crippen molar-refractivity contribution in [3.8, 4) is 0 Å². The first-order chi connectivity index (χ1) is 16.1. The monoisotopic (exact) mass is 431 g/mol. The van der Waals surface area contributed by atoms with Crippen LogP contribution in [0.25, 0.3) is 38.1 Å². The van der Waals surface area contributed by atoms with Gasteiger partial charge < -0.3 is 9.30 Å². The van der Waals surface area contributed by atoms with Crippen LogP contribution in [0.1, 0.15) is 13.8 Å². The van der Waals surface area contributed by atoms with Crippen LogP contribution in [0.3, 0.4) is 0 Å². The first kappa shape index (κ1) is 19.4. The fourth-order valence-electron chi connectivity index (χ4n) is 4.93. The van der Waals surface area contributed by atoms with Gasteiger partial charge in [0.25, 0.3) is 0 Å². The molecular weight excluding hydrogens is 410 g/mol. The highest BCUT2D eigenvalue weighted by molar-refractivity contribution is 6.07. The van der Waals surface area contributed by atoms with Crippen LogP contribution in [-0.2, 0) is 0 Å². The number of nitrogens with zero attached hydrogens (tertiary/aromatic N) is 3. The van der Waals surface area contributed by atoms with E-state index in [-0.39, 0.29) is 16.9 Å². The molecule has 0 saturated heterocycles. The second-order valence-corrected chi connectivity index (χ2v) is 8.59. The number of pyridine rings is 3. The van der Waals surface area contributed by atoms with Crippen molar-refractivity contribution < 1.29 is 0 Å². The van der Waals surface area contributed by atoms with Crippen LogP contribution >= 0.6 is 0 Å². The molecule has 0 unspecified atom stereocenters. The molecule has 0 spiro atoms. The Hall–Kier alpha value is -4.25. The van der Waals surface area contributed by atoms with Crippen molar-refractivity contribution in [2.45, 2.75) is 19.9 Å². The van der Waals surface area contributed by atoms with E-state index in [4.69, 9.17) is 0 Å². The highest BCUT2D eigenvalue weighted by Gasteiger charge is 2.19. The zero-order valence-electron chi connectivity index (χ0n) is 18.3. The average molecular weight is 431 g/mol. The molecule has 0 saturated carbocycles. The fourth-order valence-corrected chi connectivity index (χ4v) is 4.93. The Morgan fingerprint density at radius 1 is 0.697 bits per heavy atom. The van der Waals surface area contributed by atoms with Gasteiger partial charge in [-0.2, -0.15) is 0 Å². The summed E-state index contributed by atoms with van der Waals surface area (Å²) in [5.41, 5.74) is 4.03. The number of aromatic nitrogens is 2. The number of anilines is 2. The Bertz CT molecular complexity index is 1770. The van der Waals surface area contributed by atoms with Crippen molar-refractivity contribution in [2.24, 2.45) is 0 Å². The van der Waals surface area contributed by atoms with Crippen LogP contribution in [0.2, 0.25) is 0 Å². The van der Waals surface area contributed by atoms with E-state index < -0.39 is 0 Å². The summed E-state index contributed by atoms with van der Waals surface area (Å²) in [6.07, 6.45) is 3.13. The van der Waals surface area contributed by atoms with Crippen molar-refractivity contribution in [3.63, 3.8) is 0 Å². The standard InChI is InChI=1S/C28H21N3O2/c1-17(2)30(18-8-4-3-5-9-18)19-12-13-21-25(14-19)31-24-11-7-6-10-20(24)27(32)22-15-29-16-23(26(22)31)28(21)33/h3-17H,1-2H3. The van der Waals surface area contributed by atoms with Gasteiger partial charge in [0.2, 0.25) is 0 Å². The molecule has 160 valence electrons. The maximum Gasteiger partial charge on any atom is 0.198 e. The predicted molar refractivity (Wildman–Crippen MR) is 135 cm³/mol. The molecule has 3 aromatic carbocycles. The molecule has 6 aromatic rings. The van der Waals surface area contributed by atoms with Gasteiger partial charge in [-0.3, -0.25) is 14.6 Å². The molecular formula is C28H21N3O2. The van der Waals surface area contributed by atoms with Crippen LogP contribution in [-0.4, -0.2) is 15.4 Å². The van der Waals surface area contributed by atoms with Gasteiger partial charge in [-0.25, -0.2) is 0 Å². The summed E-state index contributed by atoms with van der Waals surface area (Å²) in [4.78, 5) is 33.1. The minimum absolute atomic E-state index is 0.105. The van der Waals surface area contributed by atoms with Crippen molar-refractivity contribution in [2.75, 3.05) is 4.90 Å². The molecule has 0 aliphatic heterocycles. The molecule has 0 bridgehead atoms. The summed E-state index contributed by atoms with van der Waals surface area (Å²) in [5, 5.41) is 2.13. The van der Waals surface area contributed by atoms with E-state index in [1.165, 1.54) is 0 Å². The van der Waals surface area contributed by atoms with Crippen LogP contribution in [0.4, 0.5) is 11.4 Å². The van der Waals surface area contributed by atoms with Crippen LogP contribution in [0.15, 0.2) is 94.8 Å². The van der Waals surface area contributed by atoms with Gasteiger partial charge in [0, 0.05) is 40.6 Å². The van der Waals surface area contributed by atoms with Crippen molar-refractivity contribution >= 4 is 49.5 Å². The highest BCUT2D eigenvalue weighted by atomic mass is 16.1. The summed E-state index contributed by atoms with van der Waals surface area (Å²) in [6.45, 7) is 4.29. The van der Waals surface area contributed by atoms with E-state index >= 15 is 0 Å². The largest absolute Gasteiger partial charge is 0.339 e. The SMILES string of the molecule is CC(C)N(c1ccccc1)c1ccc2c(=O)c3cncc4c(=O)c5ccccc5n(c2c1)c43. The zero-order valence-corrected chi connectivity index (χ0v) is 18.3. The van der Waals surface area contributed by atoms with Gasteiger partial charge >= 0.3 is 0 Å². The molecule has 33 heavy (non-hydrogen) atoms. The highest BCUT2D eigenvalue weighted by Crippen LogP contribution is 2.32. The normalized spacial score (nSPS) is 11.8. The van der Waals surface area contributed by atoms with Crippen molar-refractivity contribution in [1.29, 1.82) is 0 Å². The number of fused-ring (bicyclic) bond motifs is 4. The number of hydrogen-bond acceptors (Lipinski definition) is 4. The molecule has 0 N–H and O–H groups in total. The molecule has 3 aromatic heterocycles. The van der Waals surface area contributed by atoms with Gasteiger partial charge in [-0.05, 0) is 56.3 Å². The van der Waals surface area contributed by atoms with E-state index in [2.05, 4.69) is 41.9 Å².